The molecule has 0 saturated heterocycles. The van der Waals surface area contributed by atoms with Crippen molar-refractivity contribution in [1.82, 2.24) is 0 Å². The van der Waals surface area contributed by atoms with Gasteiger partial charge in [0, 0.05) is 9.13 Å². The average molecular weight is 584 g/mol. The van der Waals surface area contributed by atoms with Crippen LogP contribution in [0.4, 0.5) is 0 Å². The third-order valence-corrected chi connectivity index (χ3v) is 5.77. The third-order valence-electron chi connectivity index (χ3n) is 4.34. The Morgan fingerprint density at radius 3 is 2.70 bits per heavy atom. The number of aromatic hydroxyl groups is 1. The minimum absolute atomic E-state index is 0.0319. The van der Waals surface area contributed by atoms with E-state index < -0.39 is 11.5 Å². The van der Waals surface area contributed by atoms with E-state index in [4.69, 9.17) is 14.9 Å². The first-order valence-corrected chi connectivity index (χ1v) is 9.89. The summed E-state index contributed by atoms with van der Waals surface area (Å²) >= 11 is 4.25. The normalized spacial score (nSPS) is 16.0. The Morgan fingerprint density at radius 1 is 1.22 bits per heavy atom. The van der Waals surface area contributed by atoms with Crippen LogP contribution in [-0.4, -0.2) is 5.11 Å². The number of rotatable bonds is 1. The molecule has 134 valence electrons. The highest BCUT2D eigenvalue weighted by molar-refractivity contribution is 14.1. The van der Waals surface area contributed by atoms with Gasteiger partial charge in [0.05, 0.1) is 20.4 Å². The molecule has 1 unspecified atom stereocenters. The van der Waals surface area contributed by atoms with E-state index in [0.29, 0.717) is 16.7 Å². The van der Waals surface area contributed by atoms with Crippen molar-refractivity contribution in [3.05, 3.63) is 76.5 Å². The summed E-state index contributed by atoms with van der Waals surface area (Å²) in [7, 11) is 0. The van der Waals surface area contributed by atoms with Gasteiger partial charge in [-0.1, -0.05) is 12.1 Å². The van der Waals surface area contributed by atoms with Crippen molar-refractivity contribution in [2.75, 3.05) is 0 Å². The van der Waals surface area contributed by atoms with Gasteiger partial charge in [-0.15, -0.1) is 0 Å². The number of halogens is 2. The van der Waals surface area contributed by atoms with Gasteiger partial charge in [-0.05, 0) is 69.4 Å². The predicted octanol–water partition coefficient (Wildman–Crippen LogP) is 3.93. The molecule has 4 rings (SSSR count). The highest BCUT2D eigenvalue weighted by Crippen LogP contribution is 2.46. The largest absolute Gasteiger partial charge is 0.507 e. The second-order valence-corrected chi connectivity index (χ2v) is 8.29. The lowest BCUT2D eigenvalue weighted by atomic mass is 9.83. The summed E-state index contributed by atoms with van der Waals surface area (Å²) in [6, 6.07) is 12.4. The summed E-state index contributed by atoms with van der Waals surface area (Å²) in [5, 5.41) is 20.9. The maximum absolute atomic E-state index is 12.8. The molecule has 0 aliphatic carbocycles. The Morgan fingerprint density at radius 2 is 1.96 bits per heavy atom. The van der Waals surface area contributed by atoms with Crippen LogP contribution < -0.4 is 16.1 Å². The van der Waals surface area contributed by atoms with Crippen molar-refractivity contribution < 1.29 is 14.3 Å². The quantitative estimate of drug-likeness (QED) is 0.332. The summed E-state index contributed by atoms with van der Waals surface area (Å²) in [5.74, 6) is -0.748. The lowest BCUT2D eigenvalue weighted by Gasteiger charge is -2.27. The molecule has 0 fully saturated rings. The number of allylic oxidation sites excluding steroid dienone is 1. The van der Waals surface area contributed by atoms with Gasteiger partial charge < -0.3 is 20.0 Å². The molecule has 0 radical (unpaired) electrons. The summed E-state index contributed by atoms with van der Waals surface area (Å²) in [6.07, 6.45) is 0. The van der Waals surface area contributed by atoms with Crippen molar-refractivity contribution in [1.29, 1.82) is 5.26 Å². The van der Waals surface area contributed by atoms with Crippen LogP contribution >= 0.6 is 45.2 Å². The number of nitriles is 1. The van der Waals surface area contributed by atoms with Crippen LogP contribution in [0.15, 0.2) is 57.1 Å². The molecule has 0 bridgehead atoms. The van der Waals surface area contributed by atoms with E-state index in [-0.39, 0.29) is 28.4 Å². The number of hydrogen-bond acceptors (Lipinski definition) is 6. The van der Waals surface area contributed by atoms with Crippen LogP contribution in [0.2, 0.25) is 0 Å². The molecule has 27 heavy (non-hydrogen) atoms. The van der Waals surface area contributed by atoms with Gasteiger partial charge >= 0.3 is 5.63 Å². The maximum Gasteiger partial charge on any atom is 0.344 e. The molecule has 2 heterocycles. The van der Waals surface area contributed by atoms with E-state index in [0.717, 1.165) is 7.14 Å². The minimum Gasteiger partial charge on any atom is -0.507 e. The SMILES string of the molecule is N#CC1=C(N)Oc2c(I)cc(I)cc2C1c1c(O)c2ccccc2oc1=O. The van der Waals surface area contributed by atoms with E-state index >= 15 is 0 Å². The number of nitrogens with two attached hydrogens (primary N) is 1. The standard InChI is InChI=1S/C19H10I2N2O4/c20-8-5-10-14(11(7-22)18(23)27-17(10)12(21)6-8)15-16(24)9-3-1-2-4-13(9)26-19(15)25/h1-6,14,24H,23H2. The fourth-order valence-corrected chi connectivity index (χ4v) is 5.19. The number of fused-ring (bicyclic) bond motifs is 2. The summed E-state index contributed by atoms with van der Waals surface area (Å²) in [5.41, 5.74) is 6.11. The van der Waals surface area contributed by atoms with Crippen molar-refractivity contribution in [3.63, 3.8) is 0 Å². The van der Waals surface area contributed by atoms with Crippen LogP contribution in [-0.2, 0) is 0 Å². The van der Waals surface area contributed by atoms with Crippen LogP contribution in [0.5, 0.6) is 11.5 Å². The topological polar surface area (TPSA) is 109 Å². The molecule has 3 aromatic rings. The molecule has 1 aromatic heterocycles. The lowest BCUT2D eigenvalue weighted by Crippen LogP contribution is -2.25. The lowest BCUT2D eigenvalue weighted by molar-refractivity contribution is 0.386. The van der Waals surface area contributed by atoms with Crippen LogP contribution in [0.25, 0.3) is 11.0 Å². The number of hydrogen-bond donors (Lipinski definition) is 2. The predicted molar refractivity (Wildman–Crippen MR) is 115 cm³/mol. The first kappa shape index (κ1) is 18.1. The maximum atomic E-state index is 12.8. The van der Waals surface area contributed by atoms with E-state index in [1.807, 2.05) is 12.1 Å². The molecule has 1 aliphatic heterocycles. The van der Waals surface area contributed by atoms with Crippen molar-refractivity contribution in [2.45, 2.75) is 5.92 Å². The number of ether oxygens (including phenoxy) is 1. The Bertz CT molecular complexity index is 1240. The van der Waals surface area contributed by atoms with Gasteiger partial charge in [0.25, 0.3) is 0 Å². The van der Waals surface area contributed by atoms with E-state index in [2.05, 4.69) is 45.2 Å². The fraction of sp³-hybridized carbons (Fsp3) is 0.0526. The summed E-state index contributed by atoms with van der Waals surface area (Å²) < 4.78 is 12.7. The van der Waals surface area contributed by atoms with E-state index in [9.17, 15) is 15.2 Å². The van der Waals surface area contributed by atoms with Gasteiger partial charge in [-0.25, -0.2) is 4.79 Å². The zero-order valence-corrected chi connectivity index (χ0v) is 17.8. The van der Waals surface area contributed by atoms with E-state index in [1.54, 1.807) is 30.3 Å². The monoisotopic (exact) mass is 584 g/mol. The van der Waals surface area contributed by atoms with Crippen molar-refractivity contribution in [3.8, 4) is 17.6 Å². The molecule has 0 spiro atoms. The molecule has 0 amide bonds. The second-order valence-electron chi connectivity index (χ2n) is 5.88. The molecular weight excluding hydrogens is 574 g/mol. The Kier molecular flexibility index (Phi) is 4.51. The van der Waals surface area contributed by atoms with E-state index in [1.165, 1.54) is 0 Å². The Hall–Kier alpha value is -2.26. The molecule has 6 nitrogen and oxygen atoms in total. The molecule has 1 aliphatic rings. The number of nitrogens with zero attached hydrogens (tertiary/aromatic N) is 1. The summed E-state index contributed by atoms with van der Waals surface area (Å²) in [4.78, 5) is 12.8. The van der Waals surface area contributed by atoms with Gasteiger partial charge in [0.1, 0.15) is 28.7 Å². The minimum atomic E-state index is -0.886. The molecule has 0 saturated carbocycles. The fourth-order valence-electron chi connectivity index (χ4n) is 3.19. The smallest absolute Gasteiger partial charge is 0.344 e. The summed E-state index contributed by atoms with van der Waals surface area (Å²) in [6.45, 7) is 0. The molecule has 3 N–H and O–H groups in total. The highest BCUT2D eigenvalue weighted by atomic mass is 127. The average Bonchev–Trinajstić information content (AvgIpc) is 2.62. The first-order valence-electron chi connectivity index (χ1n) is 7.73. The molecule has 1 atom stereocenters. The van der Waals surface area contributed by atoms with Gasteiger partial charge in [0.2, 0.25) is 5.88 Å². The van der Waals surface area contributed by atoms with Crippen molar-refractivity contribution in [2.24, 2.45) is 5.73 Å². The first-order chi connectivity index (χ1) is 12.9. The molecule has 2 aromatic carbocycles. The Balaban J connectivity index is 2.11. The third kappa shape index (κ3) is 2.85. The molecule has 8 heteroatoms. The number of para-hydroxylation sites is 1. The zero-order chi connectivity index (χ0) is 19.3. The van der Waals surface area contributed by atoms with Crippen molar-refractivity contribution >= 4 is 56.2 Å². The van der Waals surface area contributed by atoms with Crippen LogP contribution in [0.3, 0.4) is 0 Å². The number of benzene rings is 2. The van der Waals surface area contributed by atoms with Crippen LogP contribution in [0, 0.1) is 18.5 Å². The Labute approximate surface area is 180 Å². The zero-order valence-electron chi connectivity index (χ0n) is 13.5. The van der Waals surface area contributed by atoms with Gasteiger partial charge in [-0.2, -0.15) is 5.26 Å². The van der Waals surface area contributed by atoms with Gasteiger partial charge in [-0.3, -0.25) is 0 Å². The molecular formula is C19H10I2N2O4. The van der Waals surface area contributed by atoms with Gasteiger partial charge in [0.15, 0.2) is 0 Å². The second kappa shape index (κ2) is 6.72. The van der Waals surface area contributed by atoms with Crippen LogP contribution in [0.1, 0.15) is 17.0 Å². The highest BCUT2D eigenvalue weighted by Gasteiger charge is 2.36.